The number of ether oxygens (including phenoxy) is 2. The van der Waals surface area contributed by atoms with Crippen LogP contribution >= 0.6 is 13.4 Å². The van der Waals surface area contributed by atoms with Crippen molar-refractivity contribution in [2.75, 3.05) is 24.7 Å². The topological polar surface area (TPSA) is 264 Å². The molecule has 2 bridgehead atoms. The number of imidazole rings is 2. The van der Waals surface area contributed by atoms with Crippen molar-refractivity contribution >= 4 is 79.5 Å². The molecular weight excluding hydrogens is 786 g/mol. The minimum atomic E-state index is -4.28. The summed E-state index contributed by atoms with van der Waals surface area (Å²) in [6, 6.07) is 0. The number of nitrogen functional groups attached to an aromatic ring is 2. The largest absolute Gasteiger partial charge is 0.408 e. The van der Waals surface area contributed by atoms with Gasteiger partial charge in [-0.15, -0.1) is 0 Å². The molecule has 7 rings (SSSR count). The number of aromatic amines is 1. The Labute approximate surface area is 305 Å². The molecule has 0 radical (unpaired) electrons. The second-order valence-electron chi connectivity index (χ2n) is 13.9. The van der Waals surface area contributed by atoms with Crippen molar-refractivity contribution in [3.05, 3.63) is 29.3 Å². The molecule has 4 aromatic heterocycles. The van der Waals surface area contributed by atoms with E-state index in [0.29, 0.717) is 0 Å². The first kappa shape index (κ1) is 37.9. The molecule has 26 heteroatoms. The maximum Gasteiger partial charge on any atom is 0.325 e. The lowest BCUT2D eigenvalue weighted by atomic mass is 10.1. The number of hydrogen-bond donors (Lipinski definition) is 5. The minimum absolute atomic E-state index is 0.0395. The predicted molar refractivity (Wildman–Crippen MR) is 192 cm³/mol. The number of H-pyrrole nitrogens is 1. The highest BCUT2D eigenvalue weighted by molar-refractivity contribution is 8.07. The maximum atomic E-state index is 16.3. The average Bonchev–Trinajstić information content (AvgIpc) is 3.80. The van der Waals surface area contributed by atoms with Gasteiger partial charge in [-0.05, 0) is 41.7 Å². The summed E-state index contributed by atoms with van der Waals surface area (Å²) in [6.07, 6.45) is -7.11. The fourth-order valence-corrected chi connectivity index (χ4v) is 10.1. The summed E-state index contributed by atoms with van der Waals surface area (Å²) in [7, 11) is -2.67. The van der Waals surface area contributed by atoms with Crippen LogP contribution in [0.5, 0.6) is 0 Å². The number of fused-ring (bicyclic) bond motifs is 5. The summed E-state index contributed by atoms with van der Waals surface area (Å²) in [5.74, 6) is -0.118. The molecule has 0 amide bonds. The lowest BCUT2D eigenvalue weighted by molar-refractivity contribution is -0.0601. The van der Waals surface area contributed by atoms with Gasteiger partial charge in [0.1, 0.15) is 42.4 Å². The Bertz CT molecular complexity index is 2170. The van der Waals surface area contributed by atoms with Crippen LogP contribution in [0, 0.1) is 0 Å². The second-order valence-corrected chi connectivity index (χ2v) is 24.3. The van der Waals surface area contributed by atoms with Crippen molar-refractivity contribution in [3.8, 4) is 0 Å². The van der Waals surface area contributed by atoms with Gasteiger partial charge < -0.3 is 44.2 Å². The van der Waals surface area contributed by atoms with E-state index in [0.717, 1.165) is 0 Å². The molecule has 3 saturated heterocycles. The molecule has 7 N–H and O–H groups in total. The van der Waals surface area contributed by atoms with Crippen LogP contribution in [0.25, 0.3) is 22.3 Å². The third-order valence-electron chi connectivity index (χ3n) is 9.49. The second kappa shape index (κ2) is 13.4. The third-order valence-corrected chi connectivity index (χ3v) is 17.1. The Hall–Kier alpha value is -2.41. The number of anilines is 2. The summed E-state index contributed by atoms with van der Waals surface area (Å²) in [5, 5.41) is -0.320. The molecule has 0 spiro atoms. The SMILES string of the molecule is CC(C)(C)[Si](C)(C)OC1C2COP(O)(=S)OC3C(COP(O)(=S)OC1C(n1cnc4c(=O)[nH]c(N)nc41)O2)OC(n1cnc2c(N)ncnc21)C3F. The van der Waals surface area contributed by atoms with Crippen LogP contribution in [0.15, 0.2) is 23.8 Å². The van der Waals surface area contributed by atoms with Crippen LogP contribution in [0.1, 0.15) is 33.2 Å². The van der Waals surface area contributed by atoms with E-state index in [-0.39, 0.29) is 39.1 Å². The average molecular weight is 823 g/mol. The highest BCUT2D eigenvalue weighted by atomic mass is 32.5. The van der Waals surface area contributed by atoms with Gasteiger partial charge in [0.25, 0.3) is 5.56 Å². The van der Waals surface area contributed by atoms with Gasteiger partial charge in [0.2, 0.25) is 5.95 Å². The lowest BCUT2D eigenvalue weighted by Crippen LogP contribution is -2.50. The van der Waals surface area contributed by atoms with E-state index < -0.39 is 89.7 Å². The molecule has 0 aliphatic carbocycles. The summed E-state index contributed by atoms with van der Waals surface area (Å²) >= 11 is 10.9. The fourth-order valence-electron chi connectivity index (χ4n) is 5.91. The number of aromatic nitrogens is 8. The van der Waals surface area contributed by atoms with Gasteiger partial charge in [-0.3, -0.25) is 28.0 Å². The van der Waals surface area contributed by atoms with Gasteiger partial charge in [0.05, 0.1) is 25.9 Å². The van der Waals surface area contributed by atoms with Crippen molar-refractivity contribution in [2.24, 2.45) is 0 Å². The smallest absolute Gasteiger partial charge is 0.325 e. The van der Waals surface area contributed by atoms with Gasteiger partial charge in [-0.1, -0.05) is 20.8 Å². The lowest BCUT2D eigenvalue weighted by Gasteiger charge is -2.40. The monoisotopic (exact) mass is 822 g/mol. The van der Waals surface area contributed by atoms with Gasteiger partial charge in [-0.2, -0.15) is 4.98 Å². The first-order chi connectivity index (χ1) is 24.3. The highest BCUT2D eigenvalue weighted by Crippen LogP contribution is 2.55. The van der Waals surface area contributed by atoms with Crippen molar-refractivity contribution in [1.82, 2.24) is 39.0 Å². The van der Waals surface area contributed by atoms with Crippen LogP contribution < -0.4 is 17.0 Å². The summed E-state index contributed by atoms with van der Waals surface area (Å²) < 4.78 is 61.9. The van der Waals surface area contributed by atoms with Crippen LogP contribution in [0.3, 0.4) is 0 Å². The summed E-state index contributed by atoms with van der Waals surface area (Å²) in [5.41, 5.74) is 11.5. The van der Waals surface area contributed by atoms with E-state index >= 15 is 4.39 Å². The zero-order valence-electron chi connectivity index (χ0n) is 28.3. The van der Waals surface area contributed by atoms with Gasteiger partial charge in [-0.25, -0.2) is 24.3 Å². The number of nitrogens with two attached hydrogens (primary N) is 2. The van der Waals surface area contributed by atoms with Crippen LogP contribution in [0.2, 0.25) is 18.1 Å². The molecule has 52 heavy (non-hydrogen) atoms. The normalized spacial score (nSPS) is 34.9. The van der Waals surface area contributed by atoms with E-state index in [1.54, 1.807) is 0 Å². The zero-order chi connectivity index (χ0) is 37.5. The highest BCUT2D eigenvalue weighted by Gasteiger charge is 2.55. The number of hydrogen-bond acceptors (Lipinski definition) is 17. The Morgan fingerprint density at radius 3 is 2.21 bits per heavy atom. The van der Waals surface area contributed by atoms with Crippen molar-refractivity contribution in [2.45, 2.75) is 88.1 Å². The Kier molecular flexibility index (Phi) is 9.77. The van der Waals surface area contributed by atoms with E-state index in [2.05, 4.69) is 29.9 Å². The third kappa shape index (κ3) is 6.99. The van der Waals surface area contributed by atoms with Gasteiger partial charge >= 0.3 is 13.4 Å². The fraction of sp³-hybridized carbons (Fsp3) is 0.615. The predicted octanol–water partition coefficient (Wildman–Crippen LogP) is 1.90. The Morgan fingerprint density at radius 1 is 0.942 bits per heavy atom. The molecule has 0 saturated carbocycles. The number of nitrogens with zero attached hydrogens (tertiary/aromatic N) is 7. The summed E-state index contributed by atoms with van der Waals surface area (Å²) in [6.45, 7) is 0.466. The molecule has 10 unspecified atom stereocenters. The minimum Gasteiger partial charge on any atom is -0.408 e. The molecule has 284 valence electrons. The number of halogens is 1. The van der Waals surface area contributed by atoms with Gasteiger partial charge in [0, 0.05) is 0 Å². The van der Waals surface area contributed by atoms with E-state index in [1.807, 2.05) is 33.9 Å². The number of nitrogens with one attached hydrogen (secondary N) is 1. The molecule has 4 aromatic rings. The van der Waals surface area contributed by atoms with Crippen LogP contribution in [0.4, 0.5) is 16.2 Å². The molecular formula is C26H37FN10O10P2S2Si. The standard InChI is InChI=1S/C26H37FN10O10P2S2Si/c1-26(2,3)52(4,5)47-17-12-7-42-48(39,50)45-16-11(43-23(13(16)27)36-9-32-14-19(28)30-8-31-20(14)36)6-41-49(40,51)46-18(17)24(44-12)37-10-33-15-21(37)34-25(29)35-22(15)38/h8-13,16-18,23-24H,6-7H2,1-5H3,(H,39,50)(H,40,51)(H2,28,30,31)(H3,29,34,35,38). The maximum absolute atomic E-state index is 16.3. The molecule has 3 aliphatic heterocycles. The molecule has 7 heterocycles. The van der Waals surface area contributed by atoms with Gasteiger partial charge in [0.15, 0.2) is 49.6 Å². The molecule has 0 aromatic carbocycles. The molecule has 10 atom stereocenters. The van der Waals surface area contributed by atoms with E-state index in [4.69, 9.17) is 67.1 Å². The first-order valence-corrected chi connectivity index (χ1v) is 23.9. The number of rotatable bonds is 4. The van der Waals surface area contributed by atoms with Crippen molar-refractivity contribution in [3.63, 3.8) is 0 Å². The number of alkyl halides is 1. The van der Waals surface area contributed by atoms with Crippen LogP contribution in [-0.2, 0) is 55.6 Å². The first-order valence-electron chi connectivity index (χ1n) is 15.8. The van der Waals surface area contributed by atoms with E-state index in [1.165, 1.54) is 28.1 Å². The van der Waals surface area contributed by atoms with E-state index in [9.17, 15) is 14.6 Å². The molecule has 3 fully saturated rings. The van der Waals surface area contributed by atoms with Crippen molar-refractivity contribution < 1.29 is 46.2 Å². The molecule has 3 aliphatic rings. The Morgan fingerprint density at radius 2 is 1.54 bits per heavy atom. The van der Waals surface area contributed by atoms with Crippen LogP contribution in [-0.4, -0.2) is 107 Å². The molecule has 20 nitrogen and oxygen atoms in total. The summed E-state index contributed by atoms with van der Waals surface area (Å²) in [4.78, 5) is 58.6. The Balaban J connectivity index is 1.27. The quantitative estimate of drug-likeness (QED) is 0.145. The zero-order valence-corrected chi connectivity index (χ0v) is 32.7. The van der Waals surface area contributed by atoms with Crippen molar-refractivity contribution in [1.29, 1.82) is 0 Å².